The maximum absolute atomic E-state index is 12.3. The third-order valence-corrected chi connectivity index (χ3v) is 5.62. The SMILES string of the molecule is O=C(/C=C/c1ccc(Cl)cc1)NCc1cc2c3ccccc3n(-c3ccccc3)c2cn1. The van der Waals surface area contributed by atoms with Crippen LogP contribution in [0.5, 0.6) is 0 Å². The number of carbonyl (C=O) groups is 1. The smallest absolute Gasteiger partial charge is 0.244 e. The normalized spacial score (nSPS) is 11.4. The first-order valence-corrected chi connectivity index (χ1v) is 10.7. The van der Waals surface area contributed by atoms with Crippen molar-refractivity contribution >= 4 is 45.4 Å². The highest BCUT2D eigenvalue weighted by Gasteiger charge is 2.13. The van der Waals surface area contributed by atoms with Gasteiger partial charge in [-0.05, 0) is 48.0 Å². The van der Waals surface area contributed by atoms with Crippen molar-refractivity contribution in [3.63, 3.8) is 0 Å². The van der Waals surface area contributed by atoms with Crippen LogP contribution in [0.2, 0.25) is 5.02 Å². The van der Waals surface area contributed by atoms with Gasteiger partial charge >= 0.3 is 0 Å². The van der Waals surface area contributed by atoms with Gasteiger partial charge in [-0.25, -0.2) is 0 Å². The Morgan fingerprint density at radius 1 is 0.906 bits per heavy atom. The van der Waals surface area contributed by atoms with Crippen LogP contribution in [0.1, 0.15) is 11.3 Å². The summed E-state index contributed by atoms with van der Waals surface area (Å²) < 4.78 is 2.22. The maximum atomic E-state index is 12.3. The fraction of sp³-hybridized carbons (Fsp3) is 0.0370. The van der Waals surface area contributed by atoms with Gasteiger partial charge in [-0.2, -0.15) is 0 Å². The van der Waals surface area contributed by atoms with Crippen LogP contribution in [0, 0.1) is 0 Å². The Kier molecular flexibility index (Phi) is 5.44. The number of rotatable bonds is 5. The molecule has 5 heteroatoms. The minimum absolute atomic E-state index is 0.173. The second-order valence-electron chi connectivity index (χ2n) is 7.48. The first-order chi connectivity index (χ1) is 15.7. The van der Waals surface area contributed by atoms with E-state index in [0.29, 0.717) is 11.6 Å². The van der Waals surface area contributed by atoms with E-state index in [4.69, 9.17) is 11.6 Å². The lowest BCUT2D eigenvalue weighted by molar-refractivity contribution is -0.116. The molecule has 0 saturated carbocycles. The van der Waals surface area contributed by atoms with Gasteiger partial charge in [0.2, 0.25) is 5.91 Å². The van der Waals surface area contributed by atoms with Gasteiger partial charge in [0, 0.05) is 27.6 Å². The van der Waals surface area contributed by atoms with Gasteiger partial charge in [0.1, 0.15) is 0 Å². The first kappa shape index (κ1) is 20.0. The number of amides is 1. The van der Waals surface area contributed by atoms with Crippen LogP contribution in [0.15, 0.2) is 97.2 Å². The van der Waals surface area contributed by atoms with E-state index in [9.17, 15) is 4.79 Å². The molecule has 0 aliphatic carbocycles. The van der Waals surface area contributed by atoms with E-state index in [1.165, 1.54) is 6.08 Å². The molecule has 156 valence electrons. The summed E-state index contributed by atoms with van der Waals surface area (Å²) in [5.74, 6) is -0.173. The van der Waals surface area contributed by atoms with E-state index in [-0.39, 0.29) is 5.91 Å². The van der Waals surface area contributed by atoms with Crippen molar-refractivity contribution in [3.8, 4) is 5.69 Å². The number of fused-ring (bicyclic) bond motifs is 3. The Balaban J connectivity index is 1.41. The van der Waals surface area contributed by atoms with Crippen molar-refractivity contribution in [2.24, 2.45) is 0 Å². The number of nitrogens with one attached hydrogen (secondary N) is 1. The van der Waals surface area contributed by atoms with Crippen LogP contribution < -0.4 is 5.32 Å². The molecule has 0 bridgehead atoms. The molecule has 0 aliphatic heterocycles. The summed E-state index contributed by atoms with van der Waals surface area (Å²) in [6, 6.07) is 28.0. The van der Waals surface area contributed by atoms with E-state index in [1.54, 1.807) is 18.2 Å². The first-order valence-electron chi connectivity index (χ1n) is 10.3. The number of carbonyl (C=O) groups excluding carboxylic acids is 1. The summed E-state index contributed by atoms with van der Waals surface area (Å²) in [5.41, 5.74) is 4.98. The molecule has 0 radical (unpaired) electrons. The van der Waals surface area contributed by atoms with Gasteiger partial charge in [-0.15, -0.1) is 0 Å². The summed E-state index contributed by atoms with van der Waals surface area (Å²) in [5, 5.41) is 5.85. The molecular formula is C27H20ClN3O. The summed E-state index contributed by atoms with van der Waals surface area (Å²) in [6.07, 6.45) is 5.16. The number of halogens is 1. The Morgan fingerprint density at radius 3 is 2.47 bits per heavy atom. The van der Waals surface area contributed by atoms with Gasteiger partial charge in [0.05, 0.1) is 29.5 Å². The molecule has 5 rings (SSSR count). The van der Waals surface area contributed by atoms with Crippen molar-refractivity contribution in [2.45, 2.75) is 6.54 Å². The zero-order chi connectivity index (χ0) is 21.9. The largest absolute Gasteiger partial charge is 0.347 e. The highest BCUT2D eigenvalue weighted by molar-refractivity contribution is 6.30. The monoisotopic (exact) mass is 437 g/mol. The molecule has 0 unspecified atom stereocenters. The lowest BCUT2D eigenvalue weighted by Crippen LogP contribution is -2.20. The topological polar surface area (TPSA) is 46.9 Å². The highest BCUT2D eigenvalue weighted by Crippen LogP contribution is 2.31. The molecule has 1 N–H and O–H groups in total. The number of pyridine rings is 1. The highest BCUT2D eigenvalue weighted by atomic mass is 35.5. The lowest BCUT2D eigenvalue weighted by Gasteiger charge is -2.07. The predicted molar refractivity (Wildman–Crippen MR) is 131 cm³/mol. The molecule has 2 aromatic heterocycles. The van der Waals surface area contributed by atoms with E-state index < -0.39 is 0 Å². The third-order valence-electron chi connectivity index (χ3n) is 5.37. The predicted octanol–water partition coefficient (Wildman–Crippen LogP) is 6.16. The van der Waals surface area contributed by atoms with Crippen molar-refractivity contribution in [1.29, 1.82) is 0 Å². The molecule has 4 nitrogen and oxygen atoms in total. The Labute approximate surface area is 190 Å². The van der Waals surface area contributed by atoms with Gasteiger partial charge in [-0.3, -0.25) is 9.78 Å². The second kappa shape index (κ2) is 8.69. The summed E-state index contributed by atoms with van der Waals surface area (Å²) >= 11 is 5.89. The van der Waals surface area contributed by atoms with E-state index in [2.05, 4.69) is 45.2 Å². The number of hydrogen-bond acceptors (Lipinski definition) is 2. The van der Waals surface area contributed by atoms with Crippen LogP contribution in [0.3, 0.4) is 0 Å². The molecule has 32 heavy (non-hydrogen) atoms. The standard InChI is InChI=1S/C27H20ClN3O/c28-20-13-10-19(11-14-20)12-15-27(32)30-17-21-16-24-23-8-4-5-9-25(23)31(26(24)18-29-21)22-6-2-1-3-7-22/h1-16,18H,17H2,(H,30,32)/b15-12+. The molecule has 0 spiro atoms. The summed E-state index contributed by atoms with van der Waals surface area (Å²) in [7, 11) is 0. The molecule has 0 aliphatic rings. The summed E-state index contributed by atoms with van der Waals surface area (Å²) in [4.78, 5) is 16.9. The molecule has 3 aromatic carbocycles. The van der Waals surface area contributed by atoms with E-state index in [0.717, 1.165) is 38.8 Å². The minimum atomic E-state index is -0.173. The van der Waals surface area contributed by atoms with Crippen molar-refractivity contribution in [1.82, 2.24) is 14.9 Å². The molecule has 0 fully saturated rings. The molecule has 1 amide bonds. The quantitative estimate of drug-likeness (QED) is 0.334. The average molecular weight is 438 g/mol. The van der Waals surface area contributed by atoms with Gasteiger partial charge in [0.25, 0.3) is 0 Å². The molecule has 0 atom stereocenters. The third kappa shape index (κ3) is 4.01. The molecule has 0 saturated heterocycles. The van der Waals surface area contributed by atoms with Crippen molar-refractivity contribution in [2.75, 3.05) is 0 Å². The molecular weight excluding hydrogens is 418 g/mol. The fourth-order valence-corrected chi connectivity index (χ4v) is 3.97. The second-order valence-corrected chi connectivity index (χ2v) is 7.92. The average Bonchev–Trinajstić information content (AvgIpc) is 3.17. The number of para-hydroxylation sites is 2. The number of hydrogen-bond donors (Lipinski definition) is 1. The van der Waals surface area contributed by atoms with Crippen molar-refractivity contribution in [3.05, 3.63) is 113 Å². The number of aromatic nitrogens is 2. The number of nitrogens with zero attached hydrogens (tertiary/aromatic N) is 2. The van der Waals surface area contributed by atoms with Crippen LogP contribution >= 0.6 is 11.6 Å². The van der Waals surface area contributed by atoms with E-state index >= 15 is 0 Å². The van der Waals surface area contributed by atoms with Crippen LogP contribution in [0.4, 0.5) is 0 Å². The maximum Gasteiger partial charge on any atom is 0.244 e. The zero-order valence-electron chi connectivity index (χ0n) is 17.2. The number of benzene rings is 3. The van der Waals surface area contributed by atoms with Gasteiger partial charge in [0.15, 0.2) is 0 Å². The lowest BCUT2D eigenvalue weighted by atomic mass is 10.1. The van der Waals surface area contributed by atoms with Crippen molar-refractivity contribution < 1.29 is 4.79 Å². The van der Waals surface area contributed by atoms with Crippen LogP contribution in [-0.4, -0.2) is 15.5 Å². The fourth-order valence-electron chi connectivity index (χ4n) is 3.85. The van der Waals surface area contributed by atoms with Gasteiger partial charge < -0.3 is 9.88 Å². The van der Waals surface area contributed by atoms with E-state index in [1.807, 2.05) is 48.7 Å². The Bertz CT molecular complexity index is 1440. The van der Waals surface area contributed by atoms with Crippen LogP contribution in [-0.2, 0) is 11.3 Å². The van der Waals surface area contributed by atoms with Crippen LogP contribution in [0.25, 0.3) is 33.6 Å². The minimum Gasteiger partial charge on any atom is -0.347 e. The van der Waals surface area contributed by atoms with Gasteiger partial charge in [-0.1, -0.05) is 60.1 Å². The molecule has 2 heterocycles. The Morgan fingerprint density at radius 2 is 1.66 bits per heavy atom. The Hall–Kier alpha value is -3.89. The molecule has 5 aromatic rings. The summed E-state index contributed by atoms with van der Waals surface area (Å²) in [6.45, 7) is 0.352. The zero-order valence-corrected chi connectivity index (χ0v) is 18.0.